The Labute approximate surface area is 218 Å². The van der Waals surface area contributed by atoms with Crippen LogP contribution in [0.5, 0.6) is 0 Å². The van der Waals surface area contributed by atoms with Gasteiger partial charge in [-0.15, -0.1) is 0 Å². The summed E-state index contributed by atoms with van der Waals surface area (Å²) in [6.07, 6.45) is -0.512. The minimum atomic E-state index is -0.256. The first-order valence-electron chi connectivity index (χ1n) is 14.6. The zero-order valence-electron chi connectivity index (χ0n) is 22.5. The van der Waals surface area contributed by atoms with Gasteiger partial charge in [0.25, 0.3) is 0 Å². The highest BCUT2D eigenvalue weighted by Gasteiger charge is 2.45. The molecular formula is C26H52N6O4+2. The van der Waals surface area contributed by atoms with Crippen LogP contribution in [0, 0.1) is 0 Å². The Hall–Kier alpha value is -0.400. The number of hydrogen-bond acceptors (Lipinski definition) is 8. The van der Waals surface area contributed by atoms with Crippen LogP contribution < -0.4 is 0 Å². The molecule has 0 aromatic carbocycles. The van der Waals surface area contributed by atoms with Gasteiger partial charge in [-0.1, -0.05) is 0 Å². The average molecular weight is 513 g/mol. The molecule has 5 fully saturated rings. The van der Waals surface area contributed by atoms with E-state index < -0.39 is 0 Å². The fraction of sp³-hybridized carbons (Fsp3) is 1.00. The van der Waals surface area contributed by atoms with E-state index in [4.69, 9.17) is 9.47 Å². The van der Waals surface area contributed by atoms with Crippen molar-refractivity contribution in [1.82, 2.24) is 19.6 Å². The molecule has 0 saturated carbocycles. The van der Waals surface area contributed by atoms with E-state index in [0.29, 0.717) is 0 Å². The number of ether oxygens (including phenoxy) is 2. The number of β-amino-alcohol motifs (C(OH)–C–C–N with tert-alkyl or cyclic N) is 2. The number of hydrogen-bond donors (Lipinski definition) is 2. The molecule has 5 heterocycles. The van der Waals surface area contributed by atoms with Gasteiger partial charge in [-0.25, -0.2) is 0 Å². The maximum Gasteiger partial charge on any atom is 0.129 e. The molecule has 5 aliphatic rings. The van der Waals surface area contributed by atoms with E-state index in [9.17, 15) is 10.2 Å². The maximum absolute atomic E-state index is 10.6. The maximum atomic E-state index is 10.6. The normalized spacial score (nSPS) is 30.5. The molecule has 0 aromatic rings. The van der Waals surface area contributed by atoms with Crippen molar-refractivity contribution >= 4 is 0 Å². The highest BCUT2D eigenvalue weighted by molar-refractivity contribution is 4.76. The smallest absolute Gasteiger partial charge is 0.129 e. The molecule has 0 aliphatic carbocycles. The third-order valence-corrected chi connectivity index (χ3v) is 9.74. The van der Waals surface area contributed by atoms with Crippen LogP contribution in [0.2, 0.25) is 0 Å². The molecule has 0 amide bonds. The summed E-state index contributed by atoms with van der Waals surface area (Å²) in [6.45, 7) is 24.8. The van der Waals surface area contributed by atoms with Crippen molar-refractivity contribution in [2.75, 3.05) is 157 Å². The molecular weight excluding hydrogens is 460 g/mol. The molecule has 10 nitrogen and oxygen atoms in total. The van der Waals surface area contributed by atoms with Crippen LogP contribution in [0.25, 0.3) is 0 Å². The van der Waals surface area contributed by atoms with Crippen molar-refractivity contribution in [1.29, 1.82) is 0 Å². The zero-order chi connectivity index (χ0) is 24.8. The molecule has 2 atom stereocenters. The largest absolute Gasteiger partial charge is 0.390 e. The van der Waals surface area contributed by atoms with E-state index in [1.165, 1.54) is 61.3 Å². The Morgan fingerprint density at radius 3 is 1.03 bits per heavy atom. The van der Waals surface area contributed by atoms with Crippen molar-refractivity contribution in [3.05, 3.63) is 0 Å². The van der Waals surface area contributed by atoms with Crippen molar-refractivity contribution in [3.63, 3.8) is 0 Å². The quantitative estimate of drug-likeness (QED) is 0.351. The monoisotopic (exact) mass is 512 g/mol. The second-order valence-electron chi connectivity index (χ2n) is 12.2. The van der Waals surface area contributed by atoms with E-state index in [2.05, 4.69) is 19.6 Å². The topological polar surface area (TPSA) is 71.9 Å². The van der Waals surface area contributed by atoms with E-state index >= 15 is 0 Å². The molecule has 0 radical (unpaired) electrons. The highest BCUT2D eigenvalue weighted by atomic mass is 16.5. The molecule has 36 heavy (non-hydrogen) atoms. The summed E-state index contributed by atoms with van der Waals surface area (Å²) in [5, 5.41) is 21.2. The van der Waals surface area contributed by atoms with Crippen LogP contribution >= 0.6 is 0 Å². The fourth-order valence-electron chi connectivity index (χ4n) is 7.07. The van der Waals surface area contributed by atoms with Crippen molar-refractivity contribution in [3.8, 4) is 0 Å². The van der Waals surface area contributed by atoms with Crippen LogP contribution in [0.1, 0.15) is 0 Å². The second kappa shape index (κ2) is 12.6. The summed E-state index contributed by atoms with van der Waals surface area (Å²) < 4.78 is 13.4. The highest BCUT2D eigenvalue weighted by Crippen LogP contribution is 2.24. The number of piperazine rings is 3. The first kappa shape index (κ1) is 27.2. The van der Waals surface area contributed by atoms with Crippen LogP contribution in [-0.2, 0) is 9.47 Å². The molecule has 5 saturated heterocycles. The molecule has 2 N–H and O–H groups in total. The standard InChI is InChI=1S/C26H52N6O4/c33-25(23-29-5-17-35-18-6-29)21-27-1-9-31(10-2-27)13-15-32(16-14-31)11-3-28(4-12-32)22-26(34)24-30-7-19-36-20-8-30/h25-26,33-34H,1-24H2/q+2/t25-,26-/m0/s1. The van der Waals surface area contributed by atoms with Crippen LogP contribution in [0.3, 0.4) is 0 Å². The number of rotatable bonds is 8. The zero-order valence-corrected chi connectivity index (χ0v) is 22.5. The Kier molecular flexibility index (Phi) is 9.54. The number of aliphatic hydroxyl groups excluding tert-OH is 2. The van der Waals surface area contributed by atoms with Crippen molar-refractivity contribution in [2.24, 2.45) is 0 Å². The van der Waals surface area contributed by atoms with E-state index in [0.717, 1.165) is 105 Å². The van der Waals surface area contributed by atoms with Gasteiger partial charge in [0.05, 0.1) is 64.8 Å². The van der Waals surface area contributed by atoms with E-state index in [1.807, 2.05) is 0 Å². The molecule has 0 bridgehead atoms. The number of nitrogens with zero attached hydrogens (tertiary/aromatic N) is 6. The van der Waals surface area contributed by atoms with Crippen LogP contribution in [0.4, 0.5) is 0 Å². The van der Waals surface area contributed by atoms with Gasteiger partial charge in [-0.05, 0) is 0 Å². The molecule has 5 rings (SSSR count). The summed E-state index contributed by atoms with van der Waals surface area (Å²) >= 11 is 0. The summed E-state index contributed by atoms with van der Waals surface area (Å²) in [6, 6.07) is 0. The van der Waals surface area contributed by atoms with E-state index in [-0.39, 0.29) is 12.2 Å². The lowest BCUT2D eigenvalue weighted by Crippen LogP contribution is -2.73. The molecule has 5 aliphatic heterocycles. The third kappa shape index (κ3) is 7.37. The molecule has 10 heteroatoms. The first-order chi connectivity index (χ1) is 17.5. The molecule has 0 unspecified atom stereocenters. The molecule has 208 valence electrons. The van der Waals surface area contributed by atoms with Gasteiger partial charge in [0.15, 0.2) is 0 Å². The SMILES string of the molecule is O[C@H](CN1CCOCC1)CN1CC[N+]2(CC1)CC[N+]1(CCN(C[C@H](O)CN3CCOCC3)CC1)CC2. The summed E-state index contributed by atoms with van der Waals surface area (Å²) in [7, 11) is 0. The minimum Gasteiger partial charge on any atom is -0.390 e. The van der Waals surface area contributed by atoms with E-state index in [1.54, 1.807) is 0 Å². The summed E-state index contributed by atoms with van der Waals surface area (Å²) in [4.78, 5) is 9.66. The third-order valence-electron chi connectivity index (χ3n) is 9.74. The number of aliphatic hydroxyl groups is 2. The summed E-state index contributed by atoms with van der Waals surface area (Å²) in [5.41, 5.74) is 0. The molecule has 0 aromatic heterocycles. The van der Waals surface area contributed by atoms with Gasteiger partial charge >= 0.3 is 0 Å². The molecule has 2 spiro atoms. The predicted octanol–water partition coefficient (Wildman–Crippen LogP) is -2.35. The van der Waals surface area contributed by atoms with Gasteiger partial charge in [0.1, 0.15) is 26.2 Å². The van der Waals surface area contributed by atoms with Gasteiger partial charge in [0, 0.05) is 78.5 Å². The Balaban J connectivity index is 0.984. The second-order valence-corrected chi connectivity index (χ2v) is 12.2. The van der Waals surface area contributed by atoms with Gasteiger partial charge in [-0.2, -0.15) is 0 Å². The Morgan fingerprint density at radius 1 is 0.444 bits per heavy atom. The van der Waals surface area contributed by atoms with Crippen molar-refractivity contribution < 1.29 is 28.7 Å². The minimum absolute atomic E-state index is 0.256. The lowest BCUT2D eigenvalue weighted by Gasteiger charge is -2.54. The van der Waals surface area contributed by atoms with Gasteiger partial charge in [0.2, 0.25) is 0 Å². The average Bonchev–Trinajstić information content (AvgIpc) is 2.90. The first-order valence-corrected chi connectivity index (χ1v) is 14.6. The fourth-order valence-corrected chi connectivity index (χ4v) is 7.07. The lowest BCUT2D eigenvalue weighted by atomic mass is 10.1. The lowest BCUT2D eigenvalue weighted by molar-refractivity contribution is -1.03. The summed E-state index contributed by atoms with van der Waals surface area (Å²) in [5.74, 6) is 0. The van der Waals surface area contributed by atoms with Gasteiger partial charge in [-0.3, -0.25) is 19.6 Å². The number of morpholine rings is 2. The van der Waals surface area contributed by atoms with Crippen molar-refractivity contribution in [2.45, 2.75) is 12.2 Å². The van der Waals surface area contributed by atoms with Crippen LogP contribution in [-0.4, -0.2) is 208 Å². The Morgan fingerprint density at radius 2 is 0.722 bits per heavy atom. The van der Waals surface area contributed by atoms with Gasteiger partial charge < -0.3 is 28.7 Å². The van der Waals surface area contributed by atoms with Crippen LogP contribution in [0.15, 0.2) is 0 Å². The predicted molar refractivity (Wildman–Crippen MR) is 139 cm³/mol. The Bertz CT molecular complexity index is 591. The number of quaternary nitrogens is 2.